The summed E-state index contributed by atoms with van der Waals surface area (Å²) in [6.07, 6.45) is -4.81. The van der Waals surface area contributed by atoms with E-state index in [1.165, 1.54) is 14.0 Å². The van der Waals surface area contributed by atoms with Gasteiger partial charge >= 0.3 is 6.18 Å². The van der Waals surface area contributed by atoms with Gasteiger partial charge in [-0.1, -0.05) is 18.2 Å². The molecular formula is C13H18F3NO3S. The van der Waals surface area contributed by atoms with Crippen LogP contribution in [-0.4, -0.2) is 38.3 Å². The average molecular weight is 325 g/mol. The number of rotatable bonds is 5. The third-order valence-electron chi connectivity index (χ3n) is 3.44. The maximum Gasteiger partial charge on any atom is 0.406 e. The molecular weight excluding hydrogens is 307 g/mol. The lowest BCUT2D eigenvalue weighted by atomic mass is 10.1. The van der Waals surface area contributed by atoms with Gasteiger partial charge in [0.05, 0.1) is 13.2 Å². The first-order valence-electron chi connectivity index (χ1n) is 6.20. The van der Waals surface area contributed by atoms with Crippen LogP contribution in [-0.2, 0) is 10.0 Å². The Morgan fingerprint density at radius 3 is 2.19 bits per heavy atom. The second kappa shape index (κ2) is 6.23. The number of hydrogen-bond donors (Lipinski definition) is 0. The quantitative estimate of drug-likeness (QED) is 0.836. The van der Waals surface area contributed by atoms with E-state index in [0.717, 1.165) is 11.4 Å². The fraction of sp³-hybridized carbons (Fsp3) is 0.538. The van der Waals surface area contributed by atoms with Crippen molar-refractivity contribution in [2.24, 2.45) is 0 Å². The van der Waals surface area contributed by atoms with Gasteiger partial charge in [0.2, 0.25) is 10.0 Å². The minimum atomic E-state index is -4.81. The molecule has 0 heterocycles. The van der Waals surface area contributed by atoms with E-state index in [-0.39, 0.29) is 0 Å². The van der Waals surface area contributed by atoms with Crippen LogP contribution in [0.2, 0.25) is 0 Å². The van der Waals surface area contributed by atoms with Crippen LogP contribution in [0.3, 0.4) is 0 Å². The van der Waals surface area contributed by atoms with Crippen molar-refractivity contribution >= 4 is 10.0 Å². The number of para-hydroxylation sites is 1. The van der Waals surface area contributed by atoms with E-state index in [2.05, 4.69) is 0 Å². The molecule has 0 amide bonds. The van der Waals surface area contributed by atoms with Crippen molar-refractivity contribution in [2.45, 2.75) is 31.3 Å². The van der Waals surface area contributed by atoms with Gasteiger partial charge in [0.1, 0.15) is 5.75 Å². The van der Waals surface area contributed by atoms with Crippen molar-refractivity contribution in [3.63, 3.8) is 0 Å². The van der Waals surface area contributed by atoms with E-state index in [0.29, 0.717) is 18.2 Å². The molecule has 0 N–H and O–H groups in total. The molecule has 0 aliphatic rings. The van der Waals surface area contributed by atoms with Crippen LogP contribution in [0.25, 0.3) is 0 Å². The summed E-state index contributed by atoms with van der Waals surface area (Å²) in [5, 5.41) is -2.47. The lowest BCUT2D eigenvalue weighted by Crippen LogP contribution is -2.43. The SMILES string of the molecule is COc1ccccc1[C@@H](C)N(C)S(=O)(=O)[C@H](C)C(F)(F)F. The summed E-state index contributed by atoms with van der Waals surface area (Å²) in [6.45, 7) is 2.15. The number of nitrogens with zero attached hydrogens (tertiary/aromatic N) is 1. The van der Waals surface area contributed by atoms with E-state index >= 15 is 0 Å². The Bertz CT molecular complexity index is 587. The summed E-state index contributed by atoms with van der Waals surface area (Å²) in [5.74, 6) is 0.423. The fourth-order valence-corrected chi connectivity index (χ4v) is 3.24. The number of methoxy groups -OCH3 is 1. The minimum Gasteiger partial charge on any atom is -0.496 e. The maximum atomic E-state index is 12.7. The van der Waals surface area contributed by atoms with Gasteiger partial charge in [-0.05, 0) is 19.9 Å². The predicted molar refractivity (Wildman–Crippen MR) is 73.6 cm³/mol. The van der Waals surface area contributed by atoms with Gasteiger partial charge in [0, 0.05) is 12.6 Å². The Morgan fingerprint density at radius 1 is 1.19 bits per heavy atom. The molecule has 0 bridgehead atoms. The summed E-state index contributed by atoms with van der Waals surface area (Å²) >= 11 is 0. The zero-order chi connectivity index (χ0) is 16.4. The number of benzene rings is 1. The highest BCUT2D eigenvalue weighted by molar-refractivity contribution is 7.89. The van der Waals surface area contributed by atoms with Gasteiger partial charge in [0.15, 0.2) is 5.25 Å². The van der Waals surface area contributed by atoms with E-state index in [4.69, 9.17) is 4.74 Å². The first-order valence-corrected chi connectivity index (χ1v) is 7.70. The molecule has 0 radical (unpaired) electrons. The first-order chi connectivity index (χ1) is 9.53. The average Bonchev–Trinajstić information content (AvgIpc) is 2.43. The standard InChI is InChI=1S/C13H18F3NO3S/c1-9(11-7-5-6-8-12(11)20-4)17(3)21(18,19)10(2)13(14,15)16/h5-10H,1-4H3/t9-,10-/m1/s1. The Morgan fingerprint density at radius 2 is 1.71 bits per heavy atom. The summed E-state index contributed by atoms with van der Waals surface area (Å²) in [6, 6.07) is 5.83. The van der Waals surface area contributed by atoms with Crippen LogP contribution in [0.15, 0.2) is 24.3 Å². The van der Waals surface area contributed by atoms with E-state index in [1.54, 1.807) is 24.3 Å². The molecule has 8 heteroatoms. The van der Waals surface area contributed by atoms with Crippen LogP contribution >= 0.6 is 0 Å². The zero-order valence-electron chi connectivity index (χ0n) is 12.2. The van der Waals surface area contributed by atoms with Crippen molar-refractivity contribution < 1.29 is 26.3 Å². The smallest absolute Gasteiger partial charge is 0.406 e. The zero-order valence-corrected chi connectivity index (χ0v) is 13.0. The largest absolute Gasteiger partial charge is 0.496 e. The van der Waals surface area contributed by atoms with E-state index in [9.17, 15) is 21.6 Å². The Hall–Kier alpha value is -1.28. The van der Waals surface area contributed by atoms with Gasteiger partial charge < -0.3 is 4.74 Å². The maximum absolute atomic E-state index is 12.7. The van der Waals surface area contributed by atoms with Gasteiger partial charge in [-0.15, -0.1) is 0 Å². The minimum absolute atomic E-state index is 0.423. The number of alkyl halides is 3. The Balaban J connectivity index is 3.16. The normalized spacial score (nSPS) is 15.8. The highest BCUT2D eigenvalue weighted by Crippen LogP contribution is 2.34. The second-order valence-electron chi connectivity index (χ2n) is 4.66. The predicted octanol–water partition coefficient (Wildman–Crippen LogP) is 2.97. The van der Waals surface area contributed by atoms with Gasteiger partial charge in [-0.3, -0.25) is 0 Å². The lowest BCUT2D eigenvalue weighted by Gasteiger charge is -2.29. The molecule has 1 rings (SSSR count). The molecule has 120 valence electrons. The van der Waals surface area contributed by atoms with E-state index < -0.39 is 27.5 Å². The molecule has 0 spiro atoms. The molecule has 0 aromatic heterocycles. The monoisotopic (exact) mass is 325 g/mol. The Kier molecular flexibility index (Phi) is 5.27. The van der Waals surface area contributed by atoms with Gasteiger partial charge in [-0.2, -0.15) is 17.5 Å². The third-order valence-corrected chi connectivity index (χ3v) is 5.72. The number of hydrogen-bond acceptors (Lipinski definition) is 3. The van der Waals surface area contributed by atoms with Crippen molar-refractivity contribution in [1.82, 2.24) is 4.31 Å². The molecule has 1 aromatic rings. The molecule has 4 nitrogen and oxygen atoms in total. The topological polar surface area (TPSA) is 46.6 Å². The molecule has 0 aliphatic carbocycles. The molecule has 1 aromatic carbocycles. The first kappa shape index (κ1) is 17.8. The van der Waals surface area contributed by atoms with Crippen molar-refractivity contribution in [3.05, 3.63) is 29.8 Å². The van der Waals surface area contributed by atoms with Crippen molar-refractivity contribution in [2.75, 3.05) is 14.2 Å². The lowest BCUT2D eigenvalue weighted by molar-refractivity contribution is -0.127. The molecule has 2 atom stereocenters. The number of halogens is 3. The molecule has 0 saturated heterocycles. The van der Waals surface area contributed by atoms with Crippen molar-refractivity contribution in [3.8, 4) is 5.75 Å². The molecule has 0 saturated carbocycles. The summed E-state index contributed by atoms with van der Waals surface area (Å²) in [7, 11) is -1.97. The summed E-state index contributed by atoms with van der Waals surface area (Å²) in [5.41, 5.74) is 0.500. The summed E-state index contributed by atoms with van der Waals surface area (Å²) in [4.78, 5) is 0. The third kappa shape index (κ3) is 3.68. The highest BCUT2D eigenvalue weighted by atomic mass is 32.2. The Labute approximate surface area is 122 Å². The molecule has 21 heavy (non-hydrogen) atoms. The highest BCUT2D eigenvalue weighted by Gasteiger charge is 2.47. The van der Waals surface area contributed by atoms with Crippen LogP contribution in [0.5, 0.6) is 5.75 Å². The fourth-order valence-electron chi connectivity index (χ4n) is 1.85. The summed E-state index contributed by atoms with van der Waals surface area (Å²) < 4.78 is 68.0. The van der Waals surface area contributed by atoms with Crippen LogP contribution < -0.4 is 4.74 Å². The molecule has 0 aliphatic heterocycles. The number of ether oxygens (including phenoxy) is 1. The van der Waals surface area contributed by atoms with Crippen LogP contribution in [0, 0.1) is 0 Å². The number of sulfonamides is 1. The van der Waals surface area contributed by atoms with Crippen molar-refractivity contribution in [1.29, 1.82) is 0 Å². The van der Waals surface area contributed by atoms with Crippen LogP contribution in [0.1, 0.15) is 25.5 Å². The van der Waals surface area contributed by atoms with Crippen LogP contribution in [0.4, 0.5) is 13.2 Å². The van der Waals surface area contributed by atoms with E-state index in [1.807, 2.05) is 0 Å². The molecule has 0 fully saturated rings. The second-order valence-corrected chi connectivity index (χ2v) is 6.98. The van der Waals surface area contributed by atoms with Gasteiger partial charge in [0.25, 0.3) is 0 Å². The molecule has 0 unspecified atom stereocenters. The van der Waals surface area contributed by atoms with Gasteiger partial charge in [-0.25, -0.2) is 8.42 Å².